The summed E-state index contributed by atoms with van der Waals surface area (Å²) in [5.41, 5.74) is 3.87. The summed E-state index contributed by atoms with van der Waals surface area (Å²) in [6.45, 7) is 5.97. The Morgan fingerprint density at radius 1 is 1.10 bits per heavy atom. The molecule has 7 heteroatoms. The van der Waals surface area contributed by atoms with Gasteiger partial charge in [-0.1, -0.05) is 26.0 Å². The molecule has 3 aromatic rings. The van der Waals surface area contributed by atoms with E-state index in [0.29, 0.717) is 12.5 Å². The van der Waals surface area contributed by atoms with E-state index in [0.717, 1.165) is 42.8 Å². The van der Waals surface area contributed by atoms with Crippen molar-refractivity contribution in [2.45, 2.75) is 39.2 Å². The molecule has 0 radical (unpaired) electrons. The molecule has 3 amide bonds. The second-order valence-electron chi connectivity index (χ2n) is 8.41. The van der Waals surface area contributed by atoms with Gasteiger partial charge in [-0.3, -0.25) is 4.79 Å². The first-order valence-corrected chi connectivity index (χ1v) is 10.8. The summed E-state index contributed by atoms with van der Waals surface area (Å²) >= 11 is 0. The maximum Gasteiger partial charge on any atom is 0.319 e. The minimum atomic E-state index is -0.239. The van der Waals surface area contributed by atoms with E-state index in [1.54, 1.807) is 6.20 Å². The number of likely N-dealkylation sites (tertiary alicyclic amines) is 1. The molecule has 0 unspecified atom stereocenters. The van der Waals surface area contributed by atoms with Crippen molar-refractivity contribution in [1.82, 2.24) is 19.6 Å². The lowest BCUT2D eigenvalue weighted by Gasteiger charge is -2.33. The fraction of sp³-hybridized carbons (Fsp3) is 0.375. The summed E-state index contributed by atoms with van der Waals surface area (Å²) in [5, 5.41) is 5.77. The van der Waals surface area contributed by atoms with E-state index in [4.69, 9.17) is 0 Å². The Hall–Kier alpha value is -3.35. The van der Waals surface area contributed by atoms with Crippen molar-refractivity contribution in [3.63, 3.8) is 0 Å². The number of benzene rings is 1. The lowest BCUT2D eigenvalue weighted by molar-refractivity contribution is -0.135. The van der Waals surface area contributed by atoms with E-state index >= 15 is 0 Å². The average Bonchev–Trinajstić information content (AvgIpc) is 3.26. The molecule has 2 aromatic heterocycles. The van der Waals surface area contributed by atoms with Gasteiger partial charge in [0, 0.05) is 49.8 Å². The first-order valence-electron chi connectivity index (χ1n) is 10.8. The number of fused-ring (bicyclic) bond motifs is 1. The number of nitrogens with zero attached hydrogens (tertiary/aromatic N) is 3. The van der Waals surface area contributed by atoms with Crippen LogP contribution in [0.25, 0.3) is 5.65 Å². The van der Waals surface area contributed by atoms with E-state index in [1.165, 1.54) is 5.56 Å². The molecule has 3 heterocycles. The van der Waals surface area contributed by atoms with E-state index < -0.39 is 0 Å². The lowest BCUT2D eigenvalue weighted by Crippen LogP contribution is -2.40. The van der Waals surface area contributed by atoms with Crippen LogP contribution in [0.3, 0.4) is 0 Å². The Labute approximate surface area is 182 Å². The predicted molar refractivity (Wildman–Crippen MR) is 121 cm³/mol. The first-order chi connectivity index (χ1) is 15.0. The monoisotopic (exact) mass is 419 g/mol. The quantitative estimate of drug-likeness (QED) is 0.656. The molecule has 0 spiro atoms. The first kappa shape index (κ1) is 20.9. The van der Waals surface area contributed by atoms with Gasteiger partial charge < -0.3 is 19.9 Å². The van der Waals surface area contributed by atoms with Crippen molar-refractivity contribution in [2.24, 2.45) is 5.92 Å². The summed E-state index contributed by atoms with van der Waals surface area (Å²) < 4.78 is 1.93. The van der Waals surface area contributed by atoms with Gasteiger partial charge in [0.25, 0.3) is 0 Å². The number of piperidine rings is 1. The molecule has 1 aliphatic rings. The number of aromatic nitrogens is 2. The highest BCUT2D eigenvalue weighted by Gasteiger charge is 2.25. The molecule has 1 saturated heterocycles. The van der Waals surface area contributed by atoms with Gasteiger partial charge in [-0.2, -0.15) is 0 Å². The van der Waals surface area contributed by atoms with Crippen molar-refractivity contribution < 1.29 is 9.59 Å². The largest absolute Gasteiger partial charge is 0.342 e. The third-order valence-electron chi connectivity index (χ3n) is 5.86. The Morgan fingerprint density at radius 2 is 1.84 bits per heavy atom. The van der Waals surface area contributed by atoms with Crippen LogP contribution in [0.1, 0.15) is 43.7 Å². The van der Waals surface area contributed by atoms with Crippen LogP contribution < -0.4 is 10.6 Å². The highest BCUT2D eigenvalue weighted by molar-refractivity contribution is 5.89. The Bertz CT molecular complexity index is 1050. The smallest absolute Gasteiger partial charge is 0.319 e. The number of amides is 3. The van der Waals surface area contributed by atoms with Crippen LogP contribution in [0, 0.1) is 5.92 Å². The van der Waals surface area contributed by atoms with Crippen molar-refractivity contribution >= 4 is 23.3 Å². The molecule has 1 aliphatic heterocycles. The number of hydrogen-bond donors (Lipinski definition) is 2. The number of urea groups is 1. The van der Waals surface area contributed by atoms with E-state index in [9.17, 15) is 9.59 Å². The van der Waals surface area contributed by atoms with E-state index in [2.05, 4.69) is 27.8 Å². The second-order valence-corrected chi connectivity index (χ2v) is 8.41. The van der Waals surface area contributed by atoms with Crippen LogP contribution in [0.2, 0.25) is 0 Å². The topological polar surface area (TPSA) is 78.7 Å². The zero-order chi connectivity index (χ0) is 21.8. The standard InChI is InChI=1S/C24H29N5O2/c1-17(2)23(30)29-12-8-20(9-13-29)19-3-5-21(6-4-19)27-24(31)26-16-18-7-11-28-14-10-25-22(28)15-18/h3-7,10-11,14-15,17,20H,8-9,12-13,16H2,1-2H3,(H2,26,27,31). The van der Waals surface area contributed by atoms with Crippen molar-refractivity contribution in [3.8, 4) is 0 Å². The number of pyridine rings is 1. The average molecular weight is 420 g/mol. The molecular formula is C24H29N5O2. The van der Waals surface area contributed by atoms with Gasteiger partial charge in [0.05, 0.1) is 0 Å². The van der Waals surface area contributed by atoms with E-state index in [1.807, 2.05) is 59.8 Å². The molecule has 1 fully saturated rings. The molecule has 1 aromatic carbocycles. The number of hydrogen-bond acceptors (Lipinski definition) is 3. The highest BCUT2D eigenvalue weighted by atomic mass is 16.2. The SMILES string of the molecule is CC(C)C(=O)N1CCC(c2ccc(NC(=O)NCc3ccn4ccnc4c3)cc2)CC1. The van der Waals surface area contributed by atoms with Gasteiger partial charge in [-0.15, -0.1) is 0 Å². The minimum Gasteiger partial charge on any atom is -0.342 e. The van der Waals surface area contributed by atoms with Gasteiger partial charge in [-0.05, 0) is 54.2 Å². The van der Waals surface area contributed by atoms with Gasteiger partial charge in [0.2, 0.25) is 5.91 Å². The van der Waals surface area contributed by atoms with Crippen LogP contribution >= 0.6 is 0 Å². The summed E-state index contributed by atoms with van der Waals surface area (Å²) in [6, 6.07) is 11.7. The predicted octanol–water partition coefficient (Wildman–Crippen LogP) is 4.02. The minimum absolute atomic E-state index is 0.0571. The fourth-order valence-corrected chi connectivity index (χ4v) is 4.06. The van der Waals surface area contributed by atoms with Gasteiger partial charge in [0.15, 0.2) is 0 Å². The Morgan fingerprint density at radius 3 is 2.55 bits per heavy atom. The Kier molecular flexibility index (Phi) is 6.21. The Balaban J connectivity index is 1.26. The highest BCUT2D eigenvalue weighted by Crippen LogP contribution is 2.29. The molecule has 2 N–H and O–H groups in total. The number of imidazole rings is 1. The van der Waals surface area contributed by atoms with Crippen LogP contribution in [0.4, 0.5) is 10.5 Å². The number of carbonyl (C=O) groups excluding carboxylic acids is 2. The summed E-state index contributed by atoms with van der Waals surface area (Å²) in [5.74, 6) is 0.757. The van der Waals surface area contributed by atoms with Gasteiger partial charge >= 0.3 is 6.03 Å². The van der Waals surface area contributed by atoms with Crippen molar-refractivity contribution in [1.29, 1.82) is 0 Å². The molecule has 162 valence electrons. The molecule has 31 heavy (non-hydrogen) atoms. The van der Waals surface area contributed by atoms with E-state index in [-0.39, 0.29) is 17.9 Å². The van der Waals surface area contributed by atoms with Crippen molar-refractivity contribution in [3.05, 3.63) is 66.1 Å². The fourth-order valence-electron chi connectivity index (χ4n) is 4.06. The number of carbonyl (C=O) groups is 2. The van der Waals surface area contributed by atoms with Crippen LogP contribution in [-0.2, 0) is 11.3 Å². The van der Waals surface area contributed by atoms with Crippen molar-refractivity contribution in [2.75, 3.05) is 18.4 Å². The number of anilines is 1. The summed E-state index contributed by atoms with van der Waals surface area (Å²) in [4.78, 5) is 30.6. The molecular weight excluding hydrogens is 390 g/mol. The summed E-state index contributed by atoms with van der Waals surface area (Å²) in [6.07, 6.45) is 7.52. The maximum atomic E-state index is 12.3. The summed E-state index contributed by atoms with van der Waals surface area (Å²) in [7, 11) is 0. The third-order valence-corrected chi connectivity index (χ3v) is 5.86. The van der Waals surface area contributed by atoms with Gasteiger partial charge in [0.1, 0.15) is 5.65 Å². The number of nitrogens with one attached hydrogen (secondary N) is 2. The lowest BCUT2D eigenvalue weighted by atomic mass is 9.89. The zero-order valence-corrected chi connectivity index (χ0v) is 18.0. The normalized spacial score (nSPS) is 14.7. The van der Waals surface area contributed by atoms with Crippen LogP contribution in [0.15, 0.2) is 55.0 Å². The van der Waals surface area contributed by atoms with Crippen LogP contribution in [0.5, 0.6) is 0 Å². The second kappa shape index (κ2) is 9.20. The molecule has 0 saturated carbocycles. The molecule has 4 rings (SSSR count). The van der Waals surface area contributed by atoms with Gasteiger partial charge in [-0.25, -0.2) is 9.78 Å². The molecule has 7 nitrogen and oxygen atoms in total. The number of rotatable bonds is 5. The molecule has 0 bridgehead atoms. The molecule has 0 atom stereocenters. The maximum absolute atomic E-state index is 12.3. The molecule has 0 aliphatic carbocycles. The third kappa shape index (κ3) is 5.05. The van der Waals surface area contributed by atoms with Crippen LogP contribution in [-0.4, -0.2) is 39.3 Å². The zero-order valence-electron chi connectivity index (χ0n) is 18.0.